The van der Waals surface area contributed by atoms with Crippen molar-refractivity contribution in [2.75, 3.05) is 13.2 Å². The van der Waals surface area contributed by atoms with E-state index in [0.29, 0.717) is 36.8 Å². The van der Waals surface area contributed by atoms with Crippen LogP contribution in [0, 0.1) is 0 Å². The Morgan fingerprint density at radius 2 is 1.62 bits per heavy atom. The number of hydrogen-bond acceptors (Lipinski definition) is 4. The molecule has 0 aliphatic heterocycles. The zero-order valence-corrected chi connectivity index (χ0v) is 15.9. The van der Waals surface area contributed by atoms with Gasteiger partial charge < -0.3 is 19.5 Å². The van der Waals surface area contributed by atoms with Gasteiger partial charge in [-0.1, -0.05) is 6.07 Å². The zero-order valence-electron chi connectivity index (χ0n) is 15.9. The molecule has 0 aliphatic carbocycles. The van der Waals surface area contributed by atoms with E-state index >= 15 is 0 Å². The Labute approximate surface area is 155 Å². The molecule has 2 aromatic carbocycles. The summed E-state index contributed by atoms with van der Waals surface area (Å²) in [5.41, 5.74) is 1.54. The Balaban J connectivity index is 1.99. The predicted molar refractivity (Wildman–Crippen MR) is 102 cm³/mol. The van der Waals surface area contributed by atoms with Crippen LogP contribution in [0.2, 0.25) is 0 Å². The highest BCUT2D eigenvalue weighted by Crippen LogP contribution is 2.28. The number of nitrogens with one attached hydrogen (secondary N) is 1. The van der Waals surface area contributed by atoms with Crippen LogP contribution in [0.4, 0.5) is 0 Å². The number of benzene rings is 2. The lowest BCUT2D eigenvalue weighted by Gasteiger charge is -2.13. The summed E-state index contributed by atoms with van der Waals surface area (Å²) in [5, 5.41) is 2.92. The number of amides is 1. The van der Waals surface area contributed by atoms with Gasteiger partial charge in [0.1, 0.15) is 5.75 Å². The Bertz CT molecular complexity index is 710. The van der Waals surface area contributed by atoms with E-state index in [9.17, 15) is 4.79 Å². The minimum absolute atomic E-state index is 0.105. The van der Waals surface area contributed by atoms with E-state index in [4.69, 9.17) is 14.2 Å². The van der Waals surface area contributed by atoms with Crippen molar-refractivity contribution >= 4 is 5.91 Å². The van der Waals surface area contributed by atoms with Crippen molar-refractivity contribution in [3.05, 3.63) is 53.6 Å². The third kappa shape index (κ3) is 5.69. The van der Waals surface area contributed by atoms with Gasteiger partial charge in [0.15, 0.2) is 11.5 Å². The fraction of sp³-hybridized carbons (Fsp3) is 0.381. The maximum atomic E-state index is 12.3. The maximum Gasteiger partial charge on any atom is 0.251 e. The molecule has 0 radical (unpaired) electrons. The second-order valence-corrected chi connectivity index (χ2v) is 6.02. The van der Waals surface area contributed by atoms with Crippen LogP contribution >= 0.6 is 0 Å². The Morgan fingerprint density at radius 3 is 2.23 bits per heavy atom. The molecule has 0 fully saturated rings. The summed E-state index contributed by atoms with van der Waals surface area (Å²) in [6, 6.07) is 12.8. The van der Waals surface area contributed by atoms with E-state index in [1.54, 1.807) is 24.3 Å². The van der Waals surface area contributed by atoms with Gasteiger partial charge in [0, 0.05) is 12.1 Å². The summed E-state index contributed by atoms with van der Waals surface area (Å²) in [6.45, 7) is 9.34. The lowest BCUT2D eigenvalue weighted by Crippen LogP contribution is -2.22. The molecule has 0 saturated heterocycles. The van der Waals surface area contributed by atoms with Crippen molar-refractivity contribution in [3.8, 4) is 17.2 Å². The smallest absolute Gasteiger partial charge is 0.251 e. The molecule has 1 amide bonds. The highest BCUT2D eigenvalue weighted by atomic mass is 16.5. The van der Waals surface area contributed by atoms with E-state index in [1.165, 1.54) is 0 Å². The topological polar surface area (TPSA) is 56.8 Å². The van der Waals surface area contributed by atoms with Gasteiger partial charge in [-0.05, 0) is 69.7 Å². The van der Waals surface area contributed by atoms with Crippen LogP contribution < -0.4 is 19.5 Å². The number of hydrogen-bond donors (Lipinski definition) is 1. The van der Waals surface area contributed by atoms with Gasteiger partial charge in [0.05, 0.1) is 19.3 Å². The van der Waals surface area contributed by atoms with Crippen LogP contribution in [0.1, 0.15) is 43.6 Å². The first-order valence-electron chi connectivity index (χ1n) is 8.96. The van der Waals surface area contributed by atoms with Gasteiger partial charge in [-0.25, -0.2) is 0 Å². The zero-order chi connectivity index (χ0) is 18.9. The Hall–Kier alpha value is -2.69. The lowest BCUT2D eigenvalue weighted by molar-refractivity contribution is 0.0951. The second kappa shape index (κ2) is 9.70. The van der Waals surface area contributed by atoms with Crippen LogP contribution in [0.3, 0.4) is 0 Å². The summed E-state index contributed by atoms with van der Waals surface area (Å²) in [5.74, 6) is 2.03. The molecular weight excluding hydrogens is 330 g/mol. The quantitative estimate of drug-likeness (QED) is 0.731. The van der Waals surface area contributed by atoms with Crippen molar-refractivity contribution in [3.63, 3.8) is 0 Å². The van der Waals surface area contributed by atoms with Gasteiger partial charge in [-0.15, -0.1) is 0 Å². The molecule has 2 aromatic rings. The number of carbonyl (C=O) groups excluding carboxylic acids is 1. The van der Waals surface area contributed by atoms with Gasteiger partial charge in [0.25, 0.3) is 5.91 Å². The van der Waals surface area contributed by atoms with Crippen molar-refractivity contribution in [1.29, 1.82) is 0 Å². The second-order valence-electron chi connectivity index (χ2n) is 6.02. The monoisotopic (exact) mass is 357 g/mol. The average Bonchev–Trinajstić information content (AvgIpc) is 2.62. The maximum absolute atomic E-state index is 12.3. The highest BCUT2D eigenvalue weighted by molar-refractivity contribution is 5.94. The molecule has 0 spiro atoms. The summed E-state index contributed by atoms with van der Waals surface area (Å²) in [7, 11) is 0. The molecule has 1 N–H and O–H groups in total. The molecule has 0 atom stereocenters. The minimum Gasteiger partial charge on any atom is -0.491 e. The third-order valence-electron chi connectivity index (χ3n) is 3.55. The molecule has 26 heavy (non-hydrogen) atoms. The summed E-state index contributed by atoms with van der Waals surface area (Å²) in [6.07, 6.45) is 0.105. The third-order valence-corrected chi connectivity index (χ3v) is 3.55. The largest absolute Gasteiger partial charge is 0.491 e. The molecule has 0 heterocycles. The van der Waals surface area contributed by atoms with Crippen molar-refractivity contribution < 1.29 is 19.0 Å². The average molecular weight is 357 g/mol. The minimum atomic E-state index is -0.132. The van der Waals surface area contributed by atoms with Crippen molar-refractivity contribution in [2.24, 2.45) is 0 Å². The molecular formula is C21H27NO4. The molecule has 5 nitrogen and oxygen atoms in total. The molecule has 0 aliphatic rings. The van der Waals surface area contributed by atoms with Gasteiger partial charge in [-0.3, -0.25) is 4.79 Å². The van der Waals surface area contributed by atoms with Gasteiger partial charge in [0.2, 0.25) is 0 Å². The number of carbonyl (C=O) groups is 1. The summed E-state index contributed by atoms with van der Waals surface area (Å²) < 4.78 is 16.8. The molecule has 5 heteroatoms. The predicted octanol–water partition coefficient (Wildman–Crippen LogP) is 4.20. The van der Waals surface area contributed by atoms with E-state index in [1.807, 2.05) is 45.9 Å². The van der Waals surface area contributed by atoms with Crippen LogP contribution in [0.15, 0.2) is 42.5 Å². The first-order chi connectivity index (χ1) is 12.5. The molecule has 0 saturated carbocycles. The molecule has 140 valence electrons. The fourth-order valence-electron chi connectivity index (χ4n) is 2.45. The molecule has 0 aromatic heterocycles. The first-order valence-corrected chi connectivity index (χ1v) is 8.96. The Kier molecular flexibility index (Phi) is 7.33. The molecule has 0 bridgehead atoms. The van der Waals surface area contributed by atoms with Crippen LogP contribution in [-0.4, -0.2) is 25.2 Å². The van der Waals surface area contributed by atoms with Crippen LogP contribution in [0.5, 0.6) is 17.2 Å². The molecule has 2 rings (SSSR count). The van der Waals surface area contributed by atoms with E-state index in [-0.39, 0.29) is 12.0 Å². The van der Waals surface area contributed by atoms with Crippen molar-refractivity contribution in [2.45, 2.75) is 40.3 Å². The summed E-state index contributed by atoms with van der Waals surface area (Å²) >= 11 is 0. The van der Waals surface area contributed by atoms with E-state index < -0.39 is 0 Å². The first kappa shape index (κ1) is 19.6. The number of ether oxygens (including phenoxy) is 3. The van der Waals surface area contributed by atoms with Crippen LogP contribution in [0.25, 0.3) is 0 Å². The Morgan fingerprint density at radius 1 is 0.962 bits per heavy atom. The van der Waals surface area contributed by atoms with Gasteiger partial charge >= 0.3 is 0 Å². The van der Waals surface area contributed by atoms with E-state index in [2.05, 4.69) is 5.32 Å². The standard InChI is InChI=1S/C21H27NO4/c1-5-24-19-12-7-16(13-20(19)25-6-2)14-22-21(23)17-8-10-18(11-9-17)26-15(3)4/h7-13,15H,5-6,14H2,1-4H3,(H,22,23). The lowest BCUT2D eigenvalue weighted by atomic mass is 10.1. The number of rotatable bonds is 9. The van der Waals surface area contributed by atoms with Gasteiger partial charge in [-0.2, -0.15) is 0 Å². The SMILES string of the molecule is CCOc1ccc(CNC(=O)c2ccc(OC(C)C)cc2)cc1OCC. The van der Waals surface area contributed by atoms with Crippen LogP contribution in [-0.2, 0) is 6.54 Å². The van der Waals surface area contributed by atoms with Crippen molar-refractivity contribution in [1.82, 2.24) is 5.32 Å². The highest BCUT2D eigenvalue weighted by Gasteiger charge is 2.09. The van der Waals surface area contributed by atoms with E-state index in [0.717, 1.165) is 11.3 Å². The summed E-state index contributed by atoms with van der Waals surface area (Å²) in [4.78, 5) is 12.3. The molecule has 0 unspecified atom stereocenters. The normalized spacial score (nSPS) is 10.5. The fourth-order valence-corrected chi connectivity index (χ4v) is 2.45.